The Morgan fingerprint density at radius 1 is 1.30 bits per heavy atom. The minimum Gasteiger partial charge on any atom is -0.396 e. The summed E-state index contributed by atoms with van der Waals surface area (Å²) in [5.74, 6) is 0.541. The molecule has 1 unspecified atom stereocenters. The van der Waals surface area contributed by atoms with Gasteiger partial charge in [-0.2, -0.15) is 4.80 Å². The minimum atomic E-state index is 0.0162. The largest absolute Gasteiger partial charge is 0.396 e. The highest BCUT2D eigenvalue weighted by molar-refractivity contribution is 5.76. The zero-order chi connectivity index (χ0) is 16.1. The van der Waals surface area contributed by atoms with Gasteiger partial charge in [0.15, 0.2) is 0 Å². The number of tetrazole rings is 1. The van der Waals surface area contributed by atoms with Crippen LogP contribution in [0.2, 0.25) is 0 Å². The lowest BCUT2D eigenvalue weighted by Crippen LogP contribution is -2.38. The second kappa shape index (κ2) is 7.32. The van der Waals surface area contributed by atoms with Crippen LogP contribution >= 0.6 is 0 Å². The first kappa shape index (κ1) is 15.6. The number of aliphatic hydroxyl groups is 1. The molecule has 1 amide bonds. The van der Waals surface area contributed by atoms with Gasteiger partial charge in [-0.25, -0.2) is 0 Å². The summed E-state index contributed by atoms with van der Waals surface area (Å²) >= 11 is 0. The van der Waals surface area contributed by atoms with E-state index in [1.165, 1.54) is 4.80 Å². The summed E-state index contributed by atoms with van der Waals surface area (Å²) < 4.78 is 0. The Hall–Kier alpha value is -2.28. The molecule has 1 fully saturated rings. The second-order valence-corrected chi connectivity index (χ2v) is 5.76. The van der Waals surface area contributed by atoms with Crippen molar-refractivity contribution < 1.29 is 9.90 Å². The van der Waals surface area contributed by atoms with E-state index < -0.39 is 0 Å². The van der Waals surface area contributed by atoms with E-state index in [1.807, 2.05) is 35.2 Å². The number of carbonyl (C=O) groups is 1. The van der Waals surface area contributed by atoms with Gasteiger partial charge >= 0.3 is 0 Å². The lowest BCUT2D eigenvalue weighted by Gasteiger charge is -2.24. The Labute approximate surface area is 134 Å². The molecule has 2 heterocycles. The number of benzene rings is 1. The average Bonchev–Trinajstić information content (AvgIpc) is 3.23. The molecule has 0 aliphatic carbocycles. The van der Waals surface area contributed by atoms with Gasteiger partial charge in [0, 0.05) is 24.8 Å². The number of likely N-dealkylation sites (tertiary alicyclic amines) is 1. The Morgan fingerprint density at radius 2 is 2.13 bits per heavy atom. The molecule has 0 radical (unpaired) electrons. The SMILES string of the molecule is O=C(Cn1nnc(-c2ccccc2)n1)N1CCCC1CCCO. The van der Waals surface area contributed by atoms with Crippen molar-refractivity contribution in [2.75, 3.05) is 13.2 Å². The molecule has 122 valence electrons. The molecular weight excluding hydrogens is 294 g/mol. The van der Waals surface area contributed by atoms with E-state index in [2.05, 4.69) is 15.4 Å². The first-order chi connectivity index (χ1) is 11.3. The van der Waals surface area contributed by atoms with Gasteiger partial charge in [-0.15, -0.1) is 10.2 Å². The van der Waals surface area contributed by atoms with Gasteiger partial charge in [-0.1, -0.05) is 30.3 Å². The zero-order valence-electron chi connectivity index (χ0n) is 13.0. The van der Waals surface area contributed by atoms with Crippen molar-refractivity contribution in [2.24, 2.45) is 0 Å². The maximum Gasteiger partial charge on any atom is 0.246 e. The second-order valence-electron chi connectivity index (χ2n) is 5.76. The maximum absolute atomic E-state index is 12.5. The summed E-state index contributed by atoms with van der Waals surface area (Å²) in [7, 11) is 0. The van der Waals surface area contributed by atoms with Crippen molar-refractivity contribution >= 4 is 5.91 Å². The summed E-state index contributed by atoms with van der Waals surface area (Å²) in [6.45, 7) is 1.05. The molecule has 1 aromatic heterocycles. The van der Waals surface area contributed by atoms with E-state index in [1.54, 1.807) is 0 Å². The van der Waals surface area contributed by atoms with Crippen LogP contribution in [0, 0.1) is 0 Å². The fraction of sp³-hybridized carbons (Fsp3) is 0.500. The lowest BCUT2D eigenvalue weighted by atomic mass is 10.1. The smallest absolute Gasteiger partial charge is 0.246 e. The minimum absolute atomic E-state index is 0.0162. The topological polar surface area (TPSA) is 84.1 Å². The highest BCUT2D eigenvalue weighted by atomic mass is 16.3. The Bertz CT molecular complexity index is 643. The van der Waals surface area contributed by atoms with E-state index >= 15 is 0 Å². The fourth-order valence-corrected chi connectivity index (χ4v) is 3.02. The van der Waals surface area contributed by atoms with Gasteiger partial charge in [-0.05, 0) is 30.9 Å². The van der Waals surface area contributed by atoms with Gasteiger partial charge in [0.05, 0.1) is 0 Å². The number of aliphatic hydroxyl groups excluding tert-OH is 1. The van der Waals surface area contributed by atoms with Crippen molar-refractivity contribution in [2.45, 2.75) is 38.3 Å². The predicted molar refractivity (Wildman–Crippen MR) is 84.3 cm³/mol. The fourth-order valence-electron chi connectivity index (χ4n) is 3.02. The van der Waals surface area contributed by atoms with Crippen LogP contribution in [0.5, 0.6) is 0 Å². The molecule has 3 rings (SSSR count). The van der Waals surface area contributed by atoms with Crippen molar-refractivity contribution in [3.8, 4) is 11.4 Å². The van der Waals surface area contributed by atoms with Crippen molar-refractivity contribution in [1.29, 1.82) is 0 Å². The van der Waals surface area contributed by atoms with E-state index in [0.29, 0.717) is 5.82 Å². The summed E-state index contributed by atoms with van der Waals surface area (Å²) in [6, 6.07) is 9.81. The van der Waals surface area contributed by atoms with Crippen LogP contribution in [0.25, 0.3) is 11.4 Å². The van der Waals surface area contributed by atoms with E-state index in [0.717, 1.165) is 37.8 Å². The maximum atomic E-state index is 12.5. The molecule has 7 heteroatoms. The number of hydrogen-bond acceptors (Lipinski definition) is 5. The predicted octanol–water partition coefficient (Wildman–Crippen LogP) is 1.10. The summed E-state index contributed by atoms with van der Waals surface area (Å²) in [5, 5.41) is 21.2. The van der Waals surface area contributed by atoms with E-state index in [4.69, 9.17) is 5.11 Å². The van der Waals surface area contributed by atoms with Crippen molar-refractivity contribution in [3.05, 3.63) is 30.3 Å². The molecule has 1 aliphatic rings. The van der Waals surface area contributed by atoms with Gasteiger partial charge in [0.1, 0.15) is 6.54 Å². The summed E-state index contributed by atoms with van der Waals surface area (Å²) in [4.78, 5) is 15.7. The molecular formula is C16H21N5O2. The zero-order valence-corrected chi connectivity index (χ0v) is 13.0. The Balaban J connectivity index is 1.63. The standard InChI is InChI=1S/C16H21N5O2/c22-11-5-9-14-8-4-10-20(14)15(23)12-21-18-16(17-19-21)13-6-2-1-3-7-13/h1-3,6-7,14,22H,4-5,8-12H2. The molecule has 1 saturated heterocycles. The van der Waals surface area contributed by atoms with Crippen LogP contribution < -0.4 is 0 Å². The van der Waals surface area contributed by atoms with Gasteiger partial charge in [0.25, 0.3) is 0 Å². The summed E-state index contributed by atoms with van der Waals surface area (Å²) in [5.41, 5.74) is 0.883. The molecule has 7 nitrogen and oxygen atoms in total. The molecule has 0 spiro atoms. The highest BCUT2D eigenvalue weighted by Crippen LogP contribution is 2.21. The van der Waals surface area contributed by atoms with Gasteiger partial charge in [-0.3, -0.25) is 4.79 Å². The first-order valence-corrected chi connectivity index (χ1v) is 8.01. The van der Waals surface area contributed by atoms with Crippen LogP contribution in [-0.2, 0) is 11.3 Å². The van der Waals surface area contributed by atoms with E-state index in [-0.39, 0.29) is 25.1 Å². The molecule has 1 atom stereocenters. The first-order valence-electron chi connectivity index (χ1n) is 8.01. The molecule has 2 aromatic rings. The number of nitrogens with zero attached hydrogens (tertiary/aromatic N) is 5. The molecule has 23 heavy (non-hydrogen) atoms. The monoisotopic (exact) mass is 315 g/mol. The van der Waals surface area contributed by atoms with Crippen LogP contribution in [0.15, 0.2) is 30.3 Å². The summed E-state index contributed by atoms with van der Waals surface area (Å²) in [6.07, 6.45) is 3.60. The molecule has 0 bridgehead atoms. The van der Waals surface area contributed by atoms with Gasteiger partial charge < -0.3 is 10.0 Å². The van der Waals surface area contributed by atoms with Crippen LogP contribution in [0.1, 0.15) is 25.7 Å². The van der Waals surface area contributed by atoms with Gasteiger partial charge in [0.2, 0.25) is 11.7 Å². The third-order valence-corrected chi connectivity index (χ3v) is 4.15. The number of amides is 1. The number of rotatable bonds is 6. The third-order valence-electron chi connectivity index (χ3n) is 4.15. The average molecular weight is 315 g/mol. The molecule has 1 N–H and O–H groups in total. The van der Waals surface area contributed by atoms with E-state index in [9.17, 15) is 4.79 Å². The normalized spacial score (nSPS) is 17.6. The number of hydrogen-bond donors (Lipinski definition) is 1. The quantitative estimate of drug-likeness (QED) is 0.863. The van der Waals surface area contributed by atoms with Crippen LogP contribution in [0.4, 0.5) is 0 Å². The van der Waals surface area contributed by atoms with Crippen molar-refractivity contribution in [3.63, 3.8) is 0 Å². The van der Waals surface area contributed by atoms with Crippen LogP contribution in [-0.4, -0.2) is 55.3 Å². The number of carbonyl (C=O) groups excluding carboxylic acids is 1. The Kier molecular flexibility index (Phi) is 4.97. The van der Waals surface area contributed by atoms with Crippen molar-refractivity contribution in [1.82, 2.24) is 25.1 Å². The molecule has 0 saturated carbocycles. The Morgan fingerprint density at radius 3 is 2.91 bits per heavy atom. The molecule has 1 aliphatic heterocycles. The van der Waals surface area contributed by atoms with Crippen LogP contribution in [0.3, 0.4) is 0 Å². The highest BCUT2D eigenvalue weighted by Gasteiger charge is 2.28. The lowest BCUT2D eigenvalue weighted by molar-refractivity contribution is -0.133. The molecule has 1 aromatic carbocycles. The number of aromatic nitrogens is 4. The third kappa shape index (κ3) is 3.73.